The molecule has 0 radical (unpaired) electrons. The van der Waals surface area contributed by atoms with Crippen LogP contribution in [0, 0.1) is 6.92 Å². The monoisotopic (exact) mass is 200 g/mol. The van der Waals surface area contributed by atoms with Gasteiger partial charge in [-0.1, -0.05) is 17.2 Å². The molecule has 0 aliphatic rings. The Balaban J connectivity index is 2.83. The van der Waals surface area contributed by atoms with Crippen molar-refractivity contribution in [2.24, 2.45) is 0 Å². The van der Waals surface area contributed by atoms with Crippen molar-refractivity contribution in [1.29, 1.82) is 0 Å². The predicted molar refractivity (Wildman–Crippen MR) is 47.2 cm³/mol. The van der Waals surface area contributed by atoms with Crippen LogP contribution in [0.15, 0.2) is 23.1 Å². The Morgan fingerprint density at radius 2 is 2.31 bits per heavy atom. The summed E-state index contributed by atoms with van der Waals surface area (Å²) in [6.07, 6.45) is 0.739. The van der Waals surface area contributed by atoms with Gasteiger partial charge in [0, 0.05) is 10.5 Å². The number of hydrogen-bond acceptors (Lipinski definition) is 5. The van der Waals surface area contributed by atoms with E-state index in [1.807, 2.05) is 6.92 Å². The number of rotatable bonds is 4. The van der Waals surface area contributed by atoms with Crippen LogP contribution in [0.4, 0.5) is 0 Å². The van der Waals surface area contributed by atoms with Gasteiger partial charge >= 0.3 is 0 Å². The number of hydrogen-bond donors (Lipinski definition) is 1. The van der Waals surface area contributed by atoms with Gasteiger partial charge in [0.15, 0.2) is 0 Å². The minimum Gasteiger partial charge on any atom is -0.298 e. The Bertz CT molecular complexity index is 300. The highest BCUT2D eigenvalue weighted by atomic mass is 32.2. The van der Waals surface area contributed by atoms with Crippen LogP contribution in [0.1, 0.15) is 15.9 Å². The van der Waals surface area contributed by atoms with Crippen molar-refractivity contribution in [1.82, 2.24) is 0 Å². The average Bonchev–Trinajstić information content (AvgIpc) is 2.17. The van der Waals surface area contributed by atoms with Gasteiger partial charge in [-0.3, -0.25) is 4.79 Å². The van der Waals surface area contributed by atoms with Crippen molar-refractivity contribution in [2.45, 2.75) is 11.8 Å². The maximum absolute atomic E-state index is 10.4. The minimum atomic E-state index is 0.551. The first-order chi connectivity index (χ1) is 6.27. The van der Waals surface area contributed by atoms with E-state index in [1.165, 1.54) is 0 Å². The summed E-state index contributed by atoms with van der Waals surface area (Å²) in [6.45, 7) is 1.86. The summed E-state index contributed by atoms with van der Waals surface area (Å²) in [5, 5.41) is 11.4. The molecule has 0 aliphatic carbocycles. The quantitative estimate of drug-likeness (QED) is 0.349. The van der Waals surface area contributed by atoms with Gasteiger partial charge < -0.3 is 0 Å². The van der Waals surface area contributed by atoms with Gasteiger partial charge in [0.1, 0.15) is 6.29 Å². The summed E-state index contributed by atoms with van der Waals surface area (Å²) in [6, 6.07) is 5.13. The van der Waals surface area contributed by atoms with E-state index >= 15 is 0 Å². The maximum atomic E-state index is 10.4. The van der Waals surface area contributed by atoms with E-state index in [0.717, 1.165) is 28.8 Å². The molecule has 0 aliphatic heterocycles. The Hall–Kier alpha value is -0.880. The molecule has 5 heteroatoms. The van der Waals surface area contributed by atoms with E-state index in [2.05, 4.69) is 9.37 Å². The van der Waals surface area contributed by atoms with Gasteiger partial charge in [0.05, 0.1) is 12.0 Å². The average molecular weight is 200 g/mol. The number of aryl methyl sites for hydroxylation is 1. The topological polar surface area (TPSA) is 55.8 Å². The molecular weight excluding hydrogens is 192 g/mol. The van der Waals surface area contributed by atoms with Crippen LogP contribution in [0.5, 0.6) is 0 Å². The lowest BCUT2D eigenvalue weighted by Crippen LogP contribution is -1.86. The zero-order chi connectivity index (χ0) is 9.68. The highest BCUT2D eigenvalue weighted by molar-refractivity contribution is 7.94. The van der Waals surface area contributed by atoms with E-state index in [-0.39, 0.29) is 0 Å². The van der Waals surface area contributed by atoms with Crippen LogP contribution in [0.25, 0.3) is 0 Å². The summed E-state index contributed by atoms with van der Waals surface area (Å²) >= 11 is 0.845. The maximum Gasteiger partial charge on any atom is 0.150 e. The fourth-order valence-corrected chi connectivity index (χ4v) is 1.32. The van der Waals surface area contributed by atoms with E-state index in [0.29, 0.717) is 5.56 Å². The molecule has 0 saturated carbocycles. The third kappa shape index (κ3) is 2.82. The molecule has 0 heterocycles. The molecule has 0 unspecified atom stereocenters. The summed E-state index contributed by atoms with van der Waals surface area (Å²) < 4.78 is 4.26. The molecule has 70 valence electrons. The smallest absolute Gasteiger partial charge is 0.150 e. The first-order valence-electron chi connectivity index (χ1n) is 3.48. The molecule has 4 nitrogen and oxygen atoms in total. The van der Waals surface area contributed by atoms with E-state index < -0.39 is 0 Å². The first-order valence-corrected chi connectivity index (χ1v) is 4.22. The SMILES string of the molecule is Cc1ccc(C=O)cc1SOOO. The van der Waals surface area contributed by atoms with E-state index in [1.54, 1.807) is 18.2 Å². The molecule has 1 N–H and O–H groups in total. The lowest BCUT2D eigenvalue weighted by molar-refractivity contribution is -0.432. The van der Waals surface area contributed by atoms with Crippen LogP contribution < -0.4 is 0 Å². The molecule has 0 saturated heterocycles. The predicted octanol–water partition coefficient (Wildman–Crippen LogP) is 2.24. The lowest BCUT2D eigenvalue weighted by atomic mass is 10.2. The van der Waals surface area contributed by atoms with Crippen LogP contribution in [-0.4, -0.2) is 11.5 Å². The Labute approximate surface area is 79.5 Å². The lowest BCUT2D eigenvalue weighted by Gasteiger charge is -2.02. The molecule has 0 atom stereocenters. The number of benzene rings is 1. The van der Waals surface area contributed by atoms with Gasteiger partial charge in [0.25, 0.3) is 0 Å². The van der Waals surface area contributed by atoms with Crippen LogP contribution in [0.2, 0.25) is 0 Å². The van der Waals surface area contributed by atoms with Crippen molar-refractivity contribution in [3.8, 4) is 0 Å². The fourth-order valence-electron chi connectivity index (χ4n) is 0.832. The molecule has 1 aromatic rings. The second-order valence-corrected chi connectivity index (χ2v) is 3.11. The van der Waals surface area contributed by atoms with Crippen LogP contribution >= 0.6 is 12.0 Å². The first kappa shape index (κ1) is 10.2. The van der Waals surface area contributed by atoms with Crippen LogP contribution in [-0.2, 0) is 9.37 Å². The Kier molecular flexibility index (Phi) is 3.91. The zero-order valence-electron chi connectivity index (χ0n) is 6.89. The van der Waals surface area contributed by atoms with Gasteiger partial charge in [-0.05, 0) is 18.6 Å². The summed E-state index contributed by atoms with van der Waals surface area (Å²) in [7, 11) is 0. The van der Waals surface area contributed by atoms with Crippen molar-refractivity contribution < 1.29 is 19.4 Å². The molecule has 1 rings (SSSR count). The minimum absolute atomic E-state index is 0.551. The summed E-state index contributed by atoms with van der Waals surface area (Å²) in [5.74, 6) is 0. The Morgan fingerprint density at radius 3 is 2.92 bits per heavy atom. The van der Waals surface area contributed by atoms with Crippen molar-refractivity contribution >= 4 is 18.3 Å². The van der Waals surface area contributed by atoms with E-state index in [4.69, 9.17) is 5.26 Å². The molecule has 0 bridgehead atoms. The highest BCUT2D eigenvalue weighted by Gasteiger charge is 2.01. The third-order valence-electron chi connectivity index (χ3n) is 1.50. The molecule has 0 spiro atoms. The zero-order valence-corrected chi connectivity index (χ0v) is 7.71. The van der Waals surface area contributed by atoms with Gasteiger partial charge in [-0.2, -0.15) is 0 Å². The van der Waals surface area contributed by atoms with Crippen molar-refractivity contribution in [3.05, 3.63) is 29.3 Å². The molecule has 0 aromatic heterocycles. The Morgan fingerprint density at radius 1 is 1.54 bits per heavy atom. The molecule has 0 fully saturated rings. The molecule has 13 heavy (non-hydrogen) atoms. The number of carbonyl (C=O) groups excluding carboxylic acids is 1. The standard InChI is InChI=1S/C8H8O4S/c1-6-2-3-7(5-9)4-8(6)13-12-11-10/h2-5,10H,1H3. The fraction of sp³-hybridized carbons (Fsp3) is 0.125. The summed E-state index contributed by atoms with van der Waals surface area (Å²) in [4.78, 5) is 11.1. The molecule has 0 amide bonds. The second-order valence-electron chi connectivity index (χ2n) is 2.37. The highest BCUT2D eigenvalue weighted by Crippen LogP contribution is 2.23. The number of aldehydes is 1. The molecule has 1 aromatic carbocycles. The van der Waals surface area contributed by atoms with Gasteiger partial charge in [0.2, 0.25) is 0 Å². The van der Waals surface area contributed by atoms with Gasteiger partial charge in [-0.15, -0.1) is 4.33 Å². The number of carbonyl (C=O) groups is 1. The van der Waals surface area contributed by atoms with E-state index in [9.17, 15) is 4.79 Å². The van der Waals surface area contributed by atoms with Crippen molar-refractivity contribution in [3.63, 3.8) is 0 Å². The van der Waals surface area contributed by atoms with Gasteiger partial charge in [-0.25, -0.2) is 5.26 Å². The summed E-state index contributed by atoms with van der Waals surface area (Å²) in [5.41, 5.74) is 1.49. The molecular formula is C8H8O4S. The van der Waals surface area contributed by atoms with Crippen LogP contribution in [0.3, 0.4) is 0 Å². The largest absolute Gasteiger partial charge is 0.298 e. The van der Waals surface area contributed by atoms with Crippen molar-refractivity contribution in [2.75, 3.05) is 0 Å². The normalized spacial score (nSPS) is 10.0. The third-order valence-corrected chi connectivity index (χ3v) is 2.25. The second kappa shape index (κ2) is 4.98.